The van der Waals surface area contributed by atoms with Crippen molar-refractivity contribution in [3.05, 3.63) is 59.7 Å². The Morgan fingerprint density at radius 3 is 2.33 bits per heavy atom. The van der Waals surface area contributed by atoms with Crippen LogP contribution in [-0.4, -0.2) is 25.5 Å². The third-order valence-corrected chi connectivity index (χ3v) is 3.28. The normalized spacial score (nSPS) is 10.1. The van der Waals surface area contributed by atoms with Crippen molar-refractivity contribution in [2.45, 2.75) is 6.42 Å². The molecule has 0 saturated carbocycles. The van der Waals surface area contributed by atoms with Gasteiger partial charge in [-0.25, -0.2) is 8.78 Å². The lowest BCUT2D eigenvalue weighted by molar-refractivity contribution is -0.136. The minimum Gasteiger partial charge on any atom is -0.496 e. The van der Waals surface area contributed by atoms with Gasteiger partial charge < -0.3 is 15.4 Å². The van der Waals surface area contributed by atoms with Crippen LogP contribution in [0.15, 0.2) is 42.5 Å². The lowest BCUT2D eigenvalue weighted by Gasteiger charge is -2.10. The first-order chi connectivity index (χ1) is 11.5. The minimum absolute atomic E-state index is 0.173. The molecule has 7 heteroatoms. The predicted molar refractivity (Wildman–Crippen MR) is 84.7 cm³/mol. The molecular weight excluding hydrogens is 318 g/mol. The highest BCUT2D eigenvalue weighted by Crippen LogP contribution is 2.18. The van der Waals surface area contributed by atoms with Crippen molar-refractivity contribution in [3.8, 4) is 5.75 Å². The standard InChI is InChI=1S/C17H16F2N2O3/c1-24-14-8-3-2-5-11(14)9-10-20-16(22)17(23)21-15-12(18)6-4-7-13(15)19/h2-8H,9-10H2,1H3,(H,20,22)(H,21,23). The molecule has 2 rings (SSSR count). The molecule has 5 nitrogen and oxygen atoms in total. The molecule has 0 aliphatic rings. The van der Waals surface area contributed by atoms with Crippen LogP contribution < -0.4 is 15.4 Å². The summed E-state index contributed by atoms with van der Waals surface area (Å²) in [5, 5.41) is 4.31. The first kappa shape index (κ1) is 17.4. The van der Waals surface area contributed by atoms with Crippen molar-refractivity contribution < 1.29 is 23.1 Å². The summed E-state index contributed by atoms with van der Waals surface area (Å²) in [7, 11) is 1.54. The fourth-order valence-electron chi connectivity index (χ4n) is 2.09. The van der Waals surface area contributed by atoms with Crippen LogP contribution in [0.4, 0.5) is 14.5 Å². The van der Waals surface area contributed by atoms with E-state index in [0.29, 0.717) is 12.2 Å². The predicted octanol–water partition coefficient (Wildman–Crippen LogP) is 2.27. The first-order valence-corrected chi connectivity index (χ1v) is 7.18. The largest absolute Gasteiger partial charge is 0.496 e. The quantitative estimate of drug-likeness (QED) is 0.825. The Balaban J connectivity index is 1.89. The summed E-state index contributed by atoms with van der Waals surface area (Å²) in [4.78, 5) is 23.4. The van der Waals surface area contributed by atoms with E-state index >= 15 is 0 Å². The third-order valence-electron chi connectivity index (χ3n) is 3.28. The average molecular weight is 334 g/mol. The Hall–Kier alpha value is -2.96. The van der Waals surface area contributed by atoms with E-state index < -0.39 is 29.1 Å². The van der Waals surface area contributed by atoms with E-state index in [9.17, 15) is 18.4 Å². The summed E-state index contributed by atoms with van der Waals surface area (Å²) in [6.45, 7) is 0.173. The van der Waals surface area contributed by atoms with E-state index in [1.54, 1.807) is 6.07 Å². The van der Waals surface area contributed by atoms with Gasteiger partial charge in [-0.15, -0.1) is 0 Å². The number of rotatable bonds is 5. The topological polar surface area (TPSA) is 67.4 Å². The van der Waals surface area contributed by atoms with E-state index in [-0.39, 0.29) is 6.54 Å². The average Bonchev–Trinajstić information content (AvgIpc) is 2.58. The number of benzene rings is 2. The molecule has 0 saturated heterocycles. The summed E-state index contributed by atoms with van der Waals surface area (Å²) in [6, 6.07) is 10.4. The summed E-state index contributed by atoms with van der Waals surface area (Å²) < 4.78 is 32.0. The molecule has 0 aliphatic heterocycles. The maximum absolute atomic E-state index is 13.4. The van der Waals surface area contributed by atoms with E-state index in [2.05, 4.69) is 5.32 Å². The van der Waals surface area contributed by atoms with Gasteiger partial charge in [-0.3, -0.25) is 9.59 Å². The maximum atomic E-state index is 13.4. The second-order valence-corrected chi connectivity index (χ2v) is 4.87. The van der Waals surface area contributed by atoms with Gasteiger partial charge in [-0.05, 0) is 30.2 Å². The molecule has 0 aromatic heterocycles. The molecule has 0 radical (unpaired) electrons. The zero-order valence-corrected chi connectivity index (χ0v) is 12.9. The van der Waals surface area contributed by atoms with Crippen LogP contribution >= 0.6 is 0 Å². The molecule has 0 aliphatic carbocycles. The van der Waals surface area contributed by atoms with Crippen molar-refractivity contribution in [2.75, 3.05) is 19.0 Å². The van der Waals surface area contributed by atoms with Crippen LogP contribution in [0.1, 0.15) is 5.56 Å². The fraction of sp³-hybridized carbons (Fsp3) is 0.176. The van der Waals surface area contributed by atoms with Crippen LogP contribution in [0.3, 0.4) is 0 Å². The summed E-state index contributed by atoms with van der Waals surface area (Å²) in [5.74, 6) is -3.36. The first-order valence-electron chi connectivity index (χ1n) is 7.18. The number of anilines is 1. The number of halogens is 2. The van der Waals surface area contributed by atoms with Crippen molar-refractivity contribution in [1.29, 1.82) is 0 Å². The zero-order valence-electron chi connectivity index (χ0n) is 12.9. The Kier molecular flexibility index (Phi) is 5.83. The molecule has 2 aromatic carbocycles. The fourth-order valence-corrected chi connectivity index (χ4v) is 2.09. The van der Waals surface area contributed by atoms with Gasteiger partial charge >= 0.3 is 11.8 Å². The number of ether oxygens (including phenoxy) is 1. The summed E-state index contributed by atoms with van der Waals surface area (Å²) in [6.07, 6.45) is 0.442. The van der Waals surface area contributed by atoms with Crippen molar-refractivity contribution in [2.24, 2.45) is 0 Å². The van der Waals surface area contributed by atoms with Gasteiger partial charge in [-0.2, -0.15) is 0 Å². The monoisotopic (exact) mass is 334 g/mol. The van der Waals surface area contributed by atoms with Crippen molar-refractivity contribution in [3.63, 3.8) is 0 Å². The lowest BCUT2D eigenvalue weighted by atomic mass is 10.1. The number of nitrogens with one attached hydrogen (secondary N) is 2. The maximum Gasteiger partial charge on any atom is 0.313 e. The molecule has 0 bridgehead atoms. The number of methoxy groups -OCH3 is 1. The SMILES string of the molecule is COc1ccccc1CCNC(=O)C(=O)Nc1c(F)cccc1F. The molecular formula is C17H16F2N2O3. The molecule has 0 atom stereocenters. The Bertz CT molecular complexity index is 730. The third kappa shape index (κ3) is 4.28. The highest BCUT2D eigenvalue weighted by atomic mass is 19.1. The molecule has 0 fully saturated rings. The molecule has 0 unspecified atom stereocenters. The van der Waals surface area contributed by atoms with Crippen LogP contribution in [0, 0.1) is 11.6 Å². The van der Waals surface area contributed by atoms with E-state index in [1.807, 2.05) is 23.5 Å². The molecule has 2 aromatic rings. The van der Waals surface area contributed by atoms with Gasteiger partial charge in [0, 0.05) is 6.54 Å². The van der Waals surface area contributed by atoms with Gasteiger partial charge in [0.25, 0.3) is 0 Å². The van der Waals surface area contributed by atoms with Crippen LogP contribution in [0.5, 0.6) is 5.75 Å². The molecule has 2 amide bonds. The van der Waals surface area contributed by atoms with Gasteiger partial charge in [0.2, 0.25) is 0 Å². The second kappa shape index (κ2) is 8.05. The van der Waals surface area contributed by atoms with Crippen LogP contribution in [-0.2, 0) is 16.0 Å². The number of carbonyl (C=O) groups excluding carboxylic acids is 2. The van der Waals surface area contributed by atoms with E-state index in [1.165, 1.54) is 7.11 Å². The highest BCUT2D eigenvalue weighted by Gasteiger charge is 2.17. The number of amides is 2. The Morgan fingerprint density at radius 1 is 1.00 bits per heavy atom. The van der Waals surface area contributed by atoms with Gasteiger partial charge in [0.1, 0.15) is 23.1 Å². The molecule has 24 heavy (non-hydrogen) atoms. The minimum atomic E-state index is -1.14. The zero-order chi connectivity index (χ0) is 17.5. The summed E-state index contributed by atoms with van der Waals surface area (Å²) in [5.41, 5.74) is 0.211. The van der Waals surface area contributed by atoms with E-state index in [4.69, 9.17) is 4.74 Å². The van der Waals surface area contributed by atoms with Crippen LogP contribution in [0.2, 0.25) is 0 Å². The van der Waals surface area contributed by atoms with Crippen molar-refractivity contribution in [1.82, 2.24) is 5.32 Å². The van der Waals surface area contributed by atoms with Crippen LogP contribution in [0.25, 0.3) is 0 Å². The smallest absolute Gasteiger partial charge is 0.313 e. The number of hydrogen-bond donors (Lipinski definition) is 2. The van der Waals surface area contributed by atoms with Gasteiger partial charge in [-0.1, -0.05) is 24.3 Å². The molecule has 0 spiro atoms. The number of hydrogen-bond acceptors (Lipinski definition) is 3. The Morgan fingerprint density at radius 2 is 1.67 bits per heavy atom. The van der Waals surface area contributed by atoms with E-state index in [0.717, 1.165) is 23.8 Å². The second-order valence-electron chi connectivity index (χ2n) is 4.87. The molecule has 2 N–H and O–H groups in total. The highest BCUT2D eigenvalue weighted by molar-refractivity contribution is 6.39. The number of para-hydroxylation sites is 2. The van der Waals surface area contributed by atoms with Gasteiger partial charge in [0.15, 0.2) is 0 Å². The Labute approximate surface area is 137 Å². The lowest BCUT2D eigenvalue weighted by Crippen LogP contribution is -2.36. The molecule has 126 valence electrons. The summed E-state index contributed by atoms with van der Waals surface area (Å²) >= 11 is 0. The molecule has 0 heterocycles. The van der Waals surface area contributed by atoms with Crippen molar-refractivity contribution >= 4 is 17.5 Å². The van der Waals surface area contributed by atoms with Gasteiger partial charge in [0.05, 0.1) is 7.11 Å². The number of carbonyl (C=O) groups is 2.